The number of guanidine groups is 1. The number of benzene rings is 1. The molecule has 2 rings (SSSR count). The quantitative estimate of drug-likeness (QED) is 0.635. The van der Waals surface area contributed by atoms with Crippen LogP contribution in [0.25, 0.3) is 0 Å². The van der Waals surface area contributed by atoms with Crippen molar-refractivity contribution in [1.82, 2.24) is 15.6 Å². The molecular formula is C18H25N5. The van der Waals surface area contributed by atoms with Crippen LogP contribution in [0.5, 0.6) is 0 Å². The Balaban J connectivity index is 1.99. The fourth-order valence-electron chi connectivity index (χ4n) is 2.12. The van der Waals surface area contributed by atoms with E-state index in [1.54, 1.807) is 6.20 Å². The van der Waals surface area contributed by atoms with E-state index in [0.717, 1.165) is 18.2 Å². The van der Waals surface area contributed by atoms with Gasteiger partial charge in [-0.2, -0.15) is 0 Å². The maximum Gasteiger partial charge on any atom is 0.191 e. The molecule has 2 N–H and O–H groups in total. The second-order valence-corrected chi connectivity index (χ2v) is 5.43. The Bertz CT molecular complexity index is 622. The van der Waals surface area contributed by atoms with Gasteiger partial charge in [0.1, 0.15) is 0 Å². The molecule has 0 amide bonds. The van der Waals surface area contributed by atoms with E-state index < -0.39 is 0 Å². The first kappa shape index (κ1) is 16.8. The zero-order chi connectivity index (χ0) is 16.5. The van der Waals surface area contributed by atoms with Gasteiger partial charge in [0.15, 0.2) is 5.96 Å². The lowest BCUT2D eigenvalue weighted by molar-refractivity contribution is 0.799. The van der Waals surface area contributed by atoms with E-state index in [-0.39, 0.29) is 0 Å². The Kier molecular flexibility index (Phi) is 6.41. The Morgan fingerprint density at radius 1 is 1.13 bits per heavy atom. The zero-order valence-corrected chi connectivity index (χ0v) is 14.1. The first-order valence-electron chi connectivity index (χ1n) is 7.87. The predicted octanol–water partition coefficient (Wildman–Crippen LogP) is 2.40. The minimum absolute atomic E-state index is 0.638. The molecule has 1 heterocycles. The maximum absolute atomic E-state index is 4.65. The number of aliphatic imine (C=N–C) groups is 1. The third-order valence-corrected chi connectivity index (χ3v) is 3.35. The van der Waals surface area contributed by atoms with Crippen molar-refractivity contribution < 1.29 is 0 Å². The largest absolute Gasteiger partial charge is 0.378 e. The van der Waals surface area contributed by atoms with Gasteiger partial charge in [-0.15, -0.1) is 0 Å². The summed E-state index contributed by atoms with van der Waals surface area (Å²) in [4.78, 5) is 11.1. The van der Waals surface area contributed by atoms with Crippen molar-refractivity contribution in [2.45, 2.75) is 20.0 Å². The van der Waals surface area contributed by atoms with Gasteiger partial charge in [-0.05, 0) is 36.8 Å². The maximum atomic E-state index is 4.65. The van der Waals surface area contributed by atoms with Crippen molar-refractivity contribution in [2.75, 3.05) is 25.5 Å². The zero-order valence-electron chi connectivity index (χ0n) is 14.1. The molecule has 5 nitrogen and oxygen atoms in total. The minimum atomic E-state index is 0.638. The van der Waals surface area contributed by atoms with Crippen LogP contribution in [0.2, 0.25) is 0 Å². The molecule has 122 valence electrons. The van der Waals surface area contributed by atoms with Gasteiger partial charge in [0.25, 0.3) is 0 Å². The van der Waals surface area contributed by atoms with Crippen molar-refractivity contribution in [3.8, 4) is 0 Å². The van der Waals surface area contributed by atoms with Gasteiger partial charge in [0.05, 0.1) is 18.8 Å². The summed E-state index contributed by atoms with van der Waals surface area (Å²) in [5.74, 6) is 0.799. The van der Waals surface area contributed by atoms with Crippen molar-refractivity contribution in [1.29, 1.82) is 0 Å². The topological polar surface area (TPSA) is 52.6 Å². The number of hydrogen-bond donors (Lipinski definition) is 2. The summed E-state index contributed by atoms with van der Waals surface area (Å²) in [6.45, 7) is 4.18. The summed E-state index contributed by atoms with van der Waals surface area (Å²) in [6, 6.07) is 14.3. The van der Waals surface area contributed by atoms with E-state index >= 15 is 0 Å². The summed E-state index contributed by atoms with van der Waals surface area (Å²) >= 11 is 0. The summed E-state index contributed by atoms with van der Waals surface area (Å²) in [7, 11) is 4.09. The summed E-state index contributed by atoms with van der Waals surface area (Å²) in [6.07, 6.45) is 1.80. The molecule has 5 heteroatoms. The first-order valence-corrected chi connectivity index (χ1v) is 7.87. The average Bonchev–Trinajstić information content (AvgIpc) is 2.58. The number of rotatable bonds is 6. The molecule has 2 aromatic rings. The number of anilines is 1. The smallest absolute Gasteiger partial charge is 0.191 e. The monoisotopic (exact) mass is 311 g/mol. The summed E-state index contributed by atoms with van der Waals surface area (Å²) in [5.41, 5.74) is 3.36. The third-order valence-electron chi connectivity index (χ3n) is 3.35. The van der Waals surface area contributed by atoms with E-state index in [0.29, 0.717) is 13.1 Å². The van der Waals surface area contributed by atoms with Crippen LogP contribution in [0.1, 0.15) is 18.2 Å². The molecule has 0 atom stereocenters. The van der Waals surface area contributed by atoms with E-state index in [1.165, 1.54) is 11.3 Å². The molecule has 0 aliphatic carbocycles. The molecule has 0 saturated heterocycles. The normalized spacial score (nSPS) is 11.2. The van der Waals surface area contributed by atoms with Gasteiger partial charge < -0.3 is 15.5 Å². The highest BCUT2D eigenvalue weighted by Gasteiger charge is 2.00. The van der Waals surface area contributed by atoms with Gasteiger partial charge in [-0.1, -0.05) is 18.2 Å². The van der Waals surface area contributed by atoms with Gasteiger partial charge in [0.2, 0.25) is 0 Å². The molecule has 0 fully saturated rings. The highest BCUT2D eigenvalue weighted by Crippen LogP contribution is 2.13. The van der Waals surface area contributed by atoms with Crippen LogP contribution >= 0.6 is 0 Å². The van der Waals surface area contributed by atoms with Gasteiger partial charge in [-0.25, -0.2) is 4.99 Å². The second kappa shape index (κ2) is 8.78. The molecule has 0 aliphatic heterocycles. The van der Waals surface area contributed by atoms with E-state index in [1.807, 2.05) is 32.3 Å². The standard InChI is InChI=1S/C18H25N5/c1-4-19-18(22-14-16-9-5-6-11-20-16)21-13-15-8-7-10-17(12-15)23(2)3/h5-12H,4,13-14H2,1-3H3,(H2,19,21,22). The highest BCUT2D eigenvalue weighted by molar-refractivity contribution is 5.79. The van der Waals surface area contributed by atoms with Gasteiger partial charge >= 0.3 is 0 Å². The Morgan fingerprint density at radius 2 is 2.00 bits per heavy atom. The van der Waals surface area contributed by atoms with Crippen molar-refractivity contribution in [3.63, 3.8) is 0 Å². The lowest BCUT2D eigenvalue weighted by Crippen LogP contribution is -2.37. The average molecular weight is 311 g/mol. The molecule has 0 unspecified atom stereocenters. The second-order valence-electron chi connectivity index (χ2n) is 5.43. The van der Waals surface area contributed by atoms with Crippen LogP contribution in [0.15, 0.2) is 53.7 Å². The lowest BCUT2D eigenvalue weighted by Gasteiger charge is -2.14. The highest BCUT2D eigenvalue weighted by atomic mass is 15.2. The number of nitrogens with zero attached hydrogens (tertiary/aromatic N) is 3. The molecule has 0 bridgehead atoms. The Hall–Kier alpha value is -2.56. The van der Waals surface area contributed by atoms with Crippen LogP contribution in [0.3, 0.4) is 0 Å². The SMILES string of the molecule is CCNC(=NCc1cccc(N(C)C)c1)NCc1ccccn1. The van der Waals surface area contributed by atoms with Crippen molar-refractivity contribution >= 4 is 11.6 Å². The summed E-state index contributed by atoms with van der Waals surface area (Å²) in [5, 5.41) is 6.57. The predicted molar refractivity (Wildman–Crippen MR) is 96.7 cm³/mol. The number of pyridine rings is 1. The molecule has 1 aromatic carbocycles. The van der Waals surface area contributed by atoms with Crippen molar-refractivity contribution in [3.05, 3.63) is 59.9 Å². The number of nitrogens with one attached hydrogen (secondary N) is 2. The fourth-order valence-corrected chi connectivity index (χ4v) is 2.12. The van der Waals surface area contributed by atoms with Crippen molar-refractivity contribution in [2.24, 2.45) is 4.99 Å². The van der Waals surface area contributed by atoms with Crippen LogP contribution in [-0.2, 0) is 13.1 Å². The third kappa shape index (κ3) is 5.62. The molecular weight excluding hydrogens is 286 g/mol. The molecule has 0 saturated carbocycles. The molecule has 0 radical (unpaired) electrons. The van der Waals surface area contributed by atoms with E-state index in [2.05, 4.69) is 56.7 Å². The fraction of sp³-hybridized carbons (Fsp3) is 0.333. The van der Waals surface area contributed by atoms with E-state index in [4.69, 9.17) is 0 Å². The number of aromatic nitrogens is 1. The van der Waals surface area contributed by atoms with Crippen LogP contribution in [0.4, 0.5) is 5.69 Å². The minimum Gasteiger partial charge on any atom is -0.378 e. The summed E-state index contributed by atoms with van der Waals surface area (Å²) < 4.78 is 0. The molecule has 23 heavy (non-hydrogen) atoms. The molecule has 0 aliphatic rings. The molecule has 1 aromatic heterocycles. The Labute approximate surface area is 138 Å². The first-order chi connectivity index (χ1) is 11.2. The lowest BCUT2D eigenvalue weighted by atomic mass is 10.2. The Morgan fingerprint density at radius 3 is 2.70 bits per heavy atom. The van der Waals surface area contributed by atoms with E-state index in [9.17, 15) is 0 Å². The van der Waals surface area contributed by atoms with Gasteiger partial charge in [-0.3, -0.25) is 4.98 Å². The van der Waals surface area contributed by atoms with Crippen LogP contribution in [0, 0.1) is 0 Å². The van der Waals surface area contributed by atoms with Crippen LogP contribution < -0.4 is 15.5 Å². The number of hydrogen-bond acceptors (Lipinski definition) is 3. The van der Waals surface area contributed by atoms with Gasteiger partial charge in [0, 0.05) is 32.5 Å². The molecule has 0 spiro atoms. The van der Waals surface area contributed by atoms with Crippen LogP contribution in [-0.4, -0.2) is 31.6 Å².